The van der Waals surface area contributed by atoms with E-state index in [1.807, 2.05) is 11.7 Å². The molecule has 2 rings (SSSR count). The third-order valence-corrected chi connectivity index (χ3v) is 3.27. The summed E-state index contributed by atoms with van der Waals surface area (Å²) < 4.78 is 1.88. The largest absolute Gasteiger partial charge is 0.325 e. The molecule has 0 aliphatic rings. The Balaban J connectivity index is 2.64. The van der Waals surface area contributed by atoms with Gasteiger partial charge in [0.1, 0.15) is 0 Å². The lowest BCUT2D eigenvalue weighted by Gasteiger charge is -2.05. The van der Waals surface area contributed by atoms with Crippen LogP contribution in [0.25, 0.3) is 11.3 Å². The summed E-state index contributed by atoms with van der Waals surface area (Å²) in [4.78, 5) is 0. The Hall–Kier alpha value is -1.61. The SMILES string of the molecule is Cc1ccc(C)c(-c2nn(C)c(CN)c2C)c1. The van der Waals surface area contributed by atoms with E-state index in [4.69, 9.17) is 5.73 Å². The van der Waals surface area contributed by atoms with E-state index in [-0.39, 0.29) is 0 Å². The molecule has 90 valence electrons. The summed E-state index contributed by atoms with van der Waals surface area (Å²) in [6.45, 7) is 6.84. The van der Waals surface area contributed by atoms with E-state index in [2.05, 4.69) is 44.1 Å². The molecule has 2 aromatic rings. The predicted molar refractivity (Wildman–Crippen MR) is 70.7 cm³/mol. The minimum absolute atomic E-state index is 0.528. The van der Waals surface area contributed by atoms with Crippen molar-refractivity contribution in [2.45, 2.75) is 27.3 Å². The van der Waals surface area contributed by atoms with Crippen LogP contribution in [0.15, 0.2) is 18.2 Å². The number of nitrogens with two attached hydrogens (primary N) is 1. The molecule has 0 fully saturated rings. The molecule has 17 heavy (non-hydrogen) atoms. The van der Waals surface area contributed by atoms with Crippen LogP contribution in [-0.2, 0) is 13.6 Å². The first-order chi connectivity index (χ1) is 8.04. The van der Waals surface area contributed by atoms with Crippen LogP contribution in [0.3, 0.4) is 0 Å². The van der Waals surface area contributed by atoms with Crippen molar-refractivity contribution in [3.05, 3.63) is 40.6 Å². The van der Waals surface area contributed by atoms with E-state index in [1.54, 1.807) is 0 Å². The van der Waals surface area contributed by atoms with Crippen molar-refractivity contribution >= 4 is 0 Å². The van der Waals surface area contributed by atoms with Gasteiger partial charge >= 0.3 is 0 Å². The highest BCUT2D eigenvalue weighted by Crippen LogP contribution is 2.27. The maximum Gasteiger partial charge on any atom is 0.0958 e. The van der Waals surface area contributed by atoms with Crippen LogP contribution in [0.2, 0.25) is 0 Å². The van der Waals surface area contributed by atoms with Crippen LogP contribution >= 0.6 is 0 Å². The number of aryl methyl sites for hydroxylation is 3. The lowest BCUT2D eigenvalue weighted by molar-refractivity contribution is 0.712. The second-order valence-electron chi connectivity index (χ2n) is 4.57. The van der Waals surface area contributed by atoms with Gasteiger partial charge in [0.15, 0.2) is 0 Å². The minimum Gasteiger partial charge on any atom is -0.325 e. The van der Waals surface area contributed by atoms with Gasteiger partial charge in [-0.3, -0.25) is 4.68 Å². The van der Waals surface area contributed by atoms with Crippen LogP contribution < -0.4 is 5.73 Å². The highest BCUT2D eigenvalue weighted by Gasteiger charge is 2.14. The average Bonchev–Trinajstić information content (AvgIpc) is 2.57. The summed E-state index contributed by atoms with van der Waals surface area (Å²) in [5.74, 6) is 0. The molecule has 1 heterocycles. The second kappa shape index (κ2) is 4.34. The summed E-state index contributed by atoms with van der Waals surface area (Å²) in [7, 11) is 1.95. The molecule has 0 saturated heterocycles. The van der Waals surface area contributed by atoms with Crippen molar-refractivity contribution < 1.29 is 0 Å². The Morgan fingerprint density at radius 3 is 2.53 bits per heavy atom. The number of aromatic nitrogens is 2. The van der Waals surface area contributed by atoms with E-state index >= 15 is 0 Å². The first kappa shape index (κ1) is 11.9. The van der Waals surface area contributed by atoms with E-state index in [9.17, 15) is 0 Å². The molecule has 2 N–H and O–H groups in total. The zero-order valence-corrected chi connectivity index (χ0v) is 10.9. The first-order valence-corrected chi connectivity index (χ1v) is 5.84. The molecule has 0 atom stereocenters. The van der Waals surface area contributed by atoms with Gasteiger partial charge in [0.05, 0.1) is 11.4 Å². The van der Waals surface area contributed by atoms with Gasteiger partial charge in [0.25, 0.3) is 0 Å². The Morgan fingerprint density at radius 2 is 1.94 bits per heavy atom. The highest BCUT2D eigenvalue weighted by molar-refractivity contribution is 5.68. The van der Waals surface area contributed by atoms with Crippen molar-refractivity contribution in [1.29, 1.82) is 0 Å². The van der Waals surface area contributed by atoms with Crippen molar-refractivity contribution in [2.24, 2.45) is 12.8 Å². The smallest absolute Gasteiger partial charge is 0.0958 e. The normalized spacial score (nSPS) is 10.9. The molecule has 0 saturated carbocycles. The van der Waals surface area contributed by atoms with Crippen LogP contribution in [0, 0.1) is 20.8 Å². The summed E-state index contributed by atoms with van der Waals surface area (Å²) in [5, 5.41) is 4.59. The molecule has 3 heteroatoms. The van der Waals surface area contributed by atoms with E-state index in [1.165, 1.54) is 22.3 Å². The monoisotopic (exact) mass is 229 g/mol. The Bertz CT molecular complexity index is 553. The third-order valence-electron chi connectivity index (χ3n) is 3.27. The zero-order valence-electron chi connectivity index (χ0n) is 10.9. The summed E-state index contributed by atoms with van der Waals surface area (Å²) in [6, 6.07) is 6.45. The average molecular weight is 229 g/mol. The second-order valence-corrected chi connectivity index (χ2v) is 4.57. The molecule has 0 bridgehead atoms. The molecule has 1 aromatic carbocycles. The van der Waals surface area contributed by atoms with Gasteiger partial charge in [-0.2, -0.15) is 5.10 Å². The van der Waals surface area contributed by atoms with Crippen molar-refractivity contribution in [3.8, 4) is 11.3 Å². The molecular formula is C14H19N3. The lowest BCUT2D eigenvalue weighted by atomic mass is 10.00. The van der Waals surface area contributed by atoms with Crippen molar-refractivity contribution in [3.63, 3.8) is 0 Å². The Labute approximate surface area is 102 Å². The first-order valence-electron chi connectivity index (χ1n) is 5.84. The lowest BCUT2D eigenvalue weighted by Crippen LogP contribution is -2.05. The van der Waals surface area contributed by atoms with E-state index in [0.29, 0.717) is 6.54 Å². The fraction of sp³-hybridized carbons (Fsp3) is 0.357. The van der Waals surface area contributed by atoms with Gasteiger partial charge in [0.2, 0.25) is 0 Å². The zero-order chi connectivity index (χ0) is 12.6. The van der Waals surface area contributed by atoms with Crippen LogP contribution in [0.5, 0.6) is 0 Å². The maximum absolute atomic E-state index is 5.75. The molecular weight excluding hydrogens is 210 g/mol. The molecule has 3 nitrogen and oxygen atoms in total. The van der Waals surface area contributed by atoms with E-state index < -0.39 is 0 Å². The third kappa shape index (κ3) is 1.98. The Morgan fingerprint density at radius 1 is 1.24 bits per heavy atom. The highest BCUT2D eigenvalue weighted by atomic mass is 15.3. The molecule has 0 radical (unpaired) electrons. The van der Waals surface area contributed by atoms with Crippen LogP contribution in [0.4, 0.5) is 0 Å². The topological polar surface area (TPSA) is 43.8 Å². The molecule has 0 aliphatic heterocycles. The summed E-state index contributed by atoms with van der Waals surface area (Å²) in [6.07, 6.45) is 0. The minimum atomic E-state index is 0.528. The molecule has 0 spiro atoms. The molecule has 0 amide bonds. The molecule has 1 aromatic heterocycles. The van der Waals surface area contributed by atoms with Gasteiger partial charge in [-0.1, -0.05) is 17.7 Å². The van der Waals surface area contributed by atoms with Gasteiger partial charge in [-0.15, -0.1) is 0 Å². The fourth-order valence-electron chi connectivity index (χ4n) is 2.20. The number of rotatable bonds is 2. The summed E-state index contributed by atoms with van der Waals surface area (Å²) >= 11 is 0. The number of nitrogens with zero attached hydrogens (tertiary/aromatic N) is 2. The quantitative estimate of drug-likeness (QED) is 0.859. The number of hydrogen-bond donors (Lipinski definition) is 1. The molecule has 0 unspecified atom stereocenters. The van der Waals surface area contributed by atoms with Gasteiger partial charge in [0, 0.05) is 19.2 Å². The van der Waals surface area contributed by atoms with Crippen molar-refractivity contribution in [2.75, 3.05) is 0 Å². The van der Waals surface area contributed by atoms with E-state index in [0.717, 1.165) is 11.4 Å². The summed E-state index contributed by atoms with van der Waals surface area (Å²) in [5.41, 5.74) is 12.8. The van der Waals surface area contributed by atoms with Gasteiger partial charge in [-0.05, 0) is 38.0 Å². The van der Waals surface area contributed by atoms with Gasteiger partial charge < -0.3 is 5.73 Å². The number of hydrogen-bond acceptors (Lipinski definition) is 2. The molecule has 0 aliphatic carbocycles. The fourth-order valence-corrected chi connectivity index (χ4v) is 2.20. The Kier molecular flexibility index (Phi) is 3.03. The van der Waals surface area contributed by atoms with Crippen molar-refractivity contribution in [1.82, 2.24) is 9.78 Å². The maximum atomic E-state index is 5.75. The van der Waals surface area contributed by atoms with Gasteiger partial charge in [-0.25, -0.2) is 0 Å². The van der Waals surface area contributed by atoms with Crippen LogP contribution in [0.1, 0.15) is 22.4 Å². The van der Waals surface area contributed by atoms with Crippen LogP contribution in [-0.4, -0.2) is 9.78 Å². The predicted octanol–water partition coefficient (Wildman–Crippen LogP) is 2.47. The standard InChI is InChI=1S/C14H19N3/c1-9-5-6-10(2)12(7-9)14-11(3)13(8-15)17(4)16-14/h5-7H,8,15H2,1-4H3. The number of benzene rings is 1.